The van der Waals surface area contributed by atoms with Gasteiger partial charge in [-0.1, -0.05) is 45.0 Å². The highest BCUT2D eigenvalue weighted by Gasteiger charge is 2.27. The van der Waals surface area contributed by atoms with Crippen LogP contribution in [0.1, 0.15) is 48.2 Å². The van der Waals surface area contributed by atoms with Crippen molar-refractivity contribution >= 4 is 28.6 Å². The van der Waals surface area contributed by atoms with Crippen LogP contribution in [-0.4, -0.2) is 12.5 Å². The standard InChI is InChI=1S/C22H25FN2OS2/c1-22(2,3)21(18-7-5-13-28-18)24-14-19(26)25-20(17-6-4-12-27-17)15-8-10-16(23)11-9-15/h4-13,20-21,24H,14H2,1-3H3,(H,25,26). The molecule has 0 radical (unpaired) electrons. The average Bonchev–Trinajstić information content (AvgIpc) is 3.34. The zero-order valence-electron chi connectivity index (χ0n) is 16.2. The van der Waals surface area contributed by atoms with Crippen LogP contribution in [0.15, 0.2) is 59.3 Å². The van der Waals surface area contributed by atoms with Gasteiger partial charge in [-0.05, 0) is 46.0 Å². The number of benzene rings is 1. The van der Waals surface area contributed by atoms with Crippen molar-refractivity contribution in [3.8, 4) is 0 Å². The minimum atomic E-state index is -0.287. The Bertz CT molecular complexity index is 868. The summed E-state index contributed by atoms with van der Waals surface area (Å²) in [6.45, 7) is 6.70. The lowest BCUT2D eigenvalue weighted by atomic mass is 9.86. The molecule has 3 rings (SSSR count). The lowest BCUT2D eigenvalue weighted by Crippen LogP contribution is -2.41. The Morgan fingerprint density at radius 1 is 1.00 bits per heavy atom. The van der Waals surface area contributed by atoms with Crippen molar-refractivity contribution in [1.29, 1.82) is 0 Å². The predicted molar refractivity (Wildman–Crippen MR) is 115 cm³/mol. The van der Waals surface area contributed by atoms with Crippen LogP contribution in [0.25, 0.3) is 0 Å². The summed E-state index contributed by atoms with van der Waals surface area (Å²) >= 11 is 3.26. The maximum absolute atomic E-state index is 13.3. The lowest BCUT2D eigenvalue weighted by Gasteiger charge is -2.31. The smallest absolute Gasteiger partial charge is 0.234 e. The van der Waals surface area contributed by atoms with Crippen LogP contribution in [-0.2, 0) is 4.79 Å². The van der Waals surface area contributed by atoms with E-state index in [1.165, 1.54) is 17.0 Å². The fourth-order valence-electron chi connectivity index (χ4n) is 3.13. The normalized spacial score (nSPS) is 13.9. The molecule has 0 saturated heterocycles. The molecule has 0 saturated carbocycles. The number of thiophene rings is 2. The van der Waals surface area contributed by atoms with Gasteiger partial charge in [0.15, 0.2) is 0 Å². The molecule has 2 unspecified atom stereocenters. The molecule has 2 aromatic heterocycles. The molecule has 148 valence electrons. The Hall–Kier alpha value is -2.02. The summed E-state index contributed by atoms with van der Waals surface area (Å²) in [5.74, 6) is -0.376. The van der Waals surface area contributed by atoms with Gasteiger partial charge in [-0.2, -0.15) is 0 Å². The Kier molecular flexibility index (Phi) is 6.65. The summed E-state index contributed by atoms with van der Waals surface area (Å²) < 4.78 is 13.3. The molecular weight excluding hydrogens is 391 g/mol. The Balaban J connectivity index is 1.71. The van der Waals surface area contributed by atoms with Gasteiger partial charge in [0.2, 0.25) is 5.91 Å². The maximum atomic E-state index is 13.3. The highest BCUT2D eigenvalue weighted by Crippen LogP contribution is 2.35. The number of carbonyl (C=O) groups excluding carboxylic acids is 1. The molecule has 0 aliphatic carbocycles. The molecule has 1 aromatic carbocycles. The second-order valence-electron chi connectivity index (χ2n) is 7.76. The topological polar surface area (TPSA) is 41.1 Å². The second-order valence-corrected chi connectivity index (χ2v) is 9.72. The Morgan fingerprint density at radius 2 is 1.61 bits per heavy atom. The van der Waals surface area contributed by atoms with E-state index in [0.717, 1.165) is 10.4 Å². The van der Waals surface area contributed by atoms with Crippen molar-refractivity contribution in [2.75, 3.05) is 6.54 Å². The highest BCUT2D eigenvalue weighted by molar-refractivity contribution is 7.10. The first-order valence-electron chi connectivity index (χ1n) is 9.19. The van der Waals surface area contributed by atoms with Crippen molar-refractivity contribution in [3.05, 3.63) is 80.4 Å². The zero-order valence-corrected chi connectivity index (χ0v) is 17.9. The molecule has 3 aromatic rings. The summed E-state index contributed by atoms with van der Waals surface area (Å²) in [5.41, 5.74) is 0.845. The number of carbonyl (C=O) groups is 1. The van der Waals surface area contributed by atoms with Crippen LogP contribution >= 0.6 is 22.7 Å². The first-order chi connectivity index (χ1) is 13.3. The summed E-state index contributed by atoms with van der Waals surface area (Å²) in [5, 5.41) is 10.5. The Labute approximate surface area is 173 Å². The van der Waals surface area contributed by atoms with E-state index in [0.29, 0.717) is 0 Å². The van der Waals surface area contributed by atoms with E-state index in [4.69, 9.17) is 0 Å². The number of hydrogen-bond acceptors (Lipinski definition) is 4. The van der Waals surface area contributed by atoms with Gasteiger partial charge in [-0.15, -0.1) is 22.7 Å². The highest BCUT2D eigenvalue weighted by atomic mass is 32.1. The van der Waals surface area contributed by atoms with Crippen molar-refractivity contribution in [2.45, 2.75) is 32.9 Å². The molecule has 0 spiro atoms. The lowest BCUT2D eigenvalue weighted by molar-refractivity contribution is -0.121. The molecule has 0 aliphatic rings. The zero-order chi connectivity index (χ0) is 20.1. The number of hydrogen-bond donors (Lipinski definition) is 2. The van der Waals surface area contributed by atoms with E-state index < -0.39 is 0 Å². The van der Waals surface area contributed by atoms with Gasteiger partial charge in [0.1, 0.15) is 5.82 Å². The molecule has 1 amide bonds. The van der Waals surface area contributed by atoms with E-state index in [1.54, 1.807) is 34.8 Å². The third-order valence-electron chi connectivity index (χ3n) is 4.50. The molecular formula is C22H25FN2OS2. The van der Waals surface area contributed by atoms with E-state index in [1.807, 2.05) is 23.6 Å². The SMILES string of the molecule is CC(C)(C)C(NCC(=O)NC(c1ccc(F)cc1)c1cccs1)c1cccs1. The van der Waals surface area contributed by atoms with E-state index >= 15 is 0 Å². The minimum absolute atomic E-state index is 0.0186. The van der Waals surface area contributed by atoms with Crippen LogP contribution in [0.3, 0.4) is 0 Å². The molecule has 3 nitrogen and oxygen atoms in total. The van der Waals surface area contributed by atoms with Gasteiger partial charge < -0.3 is 10.6 Å². The number of amides is 1. The first kappa shape index (κ1) is 20.7. The van der Waals surface area contributed by atoms with Gasteiger partial charge in [0.05, 0.1) is 12.6 Å². The summed E-state index contributed by atoms with van der Waals surface area (Å²) in [6.07, 6.45) is 0. The number of rotatable bonds is 7. The Morgan fingerprint density at radius 3 is 2.14 bits per heavy atom. The molecule has 6 heteroatoms. The largest absolute Gasteiger partial charge is 0.343 e. The van der Waals surface area contributed by atoms with Gasteiger partial charge >= 0.3 is 0 Å². The fourth-order valence-corrected chi connectivity index (χ4v) is 4.97. The fraction of sp³-hybridized carbons (Fsp3) is 0.318. The predicted octanol–water partition coefficient (Wildman–Crippen LogP) is 5.53. The average molecular weight is 417 g/mol. The third kappa shape index (κ3) is 5.28. The monoisotopic (exact) mass is 416 g/mol. The first-order valence-corrected chi connectivity index (χ1v) is 11.0. The van der Waals surface area contributed by atoms with Crippen LogP contribution < -0.4 is 10.6 Å². The minimum Gasteiger partial charge on any atom is -0.343 e. The molecule has 2 N–H and O–H groups in total. The summed E-state index contributed by atoms with van der Waals surface area (Å²) in [6, 6.07) is 14.1. The van der Waals surface area contributed by atoms with Gasteiger partial charge in [-0.3, -0.25) is 4.79 Å². The van der Waals surface area contributed by atoms with Crippen LogP contribution in [0.4, 0.5) is 4.39 Å². The molecule has 0 aliphatic heterocycles. The quantitative estimate of drug-likeness (QED) is 0.532. The van der Waals surface area contributed by atoms with Crippen molar-refractivity contribution < 1.29 is 9.18 Å². The van der Waals surface area contributed by atoms with E-state index in [2.05, 4.69) is 42.9 Å². The van der Waals surface area contributed by atoms with E-state index in [9.17, 15) is 9.18 Å². The maximum Gasteiger partial charge on any atom is 0.234 e. The van der Waals surface area contributed by atoms with Gasteiger partial charge in [0, 0.05) is 15.8 Å². The molecule has 0 bridgehead atoms. The molecule has 0 fully saturated rings. The molecule has 2 atom stereocenters. The summed E-state index contributed by atoms with van der Waals surface area (Å²) in [7, 11) is 0. The van der Waals surface area contributed by atoms with Crippen molar-refractivity contribution in [3.63, 3.8) is 0 Å². The number of halogens is 1. The van der Waals surface area contributed by atoms with Gasteiger partial charge in [0.25, 0.3) is 0 Å². The third-order valence-corrected chi connectivity index (χ3v) is 6.37. The van der Waals surface area contributed by atoms with Crippen LogP contribution in [0.2, 0.25) is 0 Å². The van der Waals surface area contributed by atoms with Crippen molar-refractivity contribution in [2.24, 2.45) is 5.41 Å². The molecule has 2 heterocycles. The van der Waals surface area contributed by atoms with Gasteiger partial charge in [-0.25, -0.2) is 4.39 Å². The summed E-state index contributed by atoms with van der Waals surface area (Å²) in [4.78, 5) is 15.0. The molecule has 28 heavy (non-hydrogen) atoms. The van der Waals surface area contributed by atoms with Crippen LogP contribution in [0, 0.1) is 11.2 Å². The second kappa shape index (κ2) is 8.99. The van der Waals surface area contributed by atoms with Crippen molar-refractivity contribution in [1.82, 2.24) is 10.6 Å². The van der Waals surface area contributed by atoms with Crippen LogP contribution in [0.5, 0.6) is 0 Å². The van der Waals surface area contributed by atoms with E-state index in [-0.39, 0.29) is 35.8 Å². The number of nitrogens with one attached hydrogen (secondary N) is 2.